The summed E-state index contributed by atoms with van der Waals surface area (Å²) in [7, 11) is 0. The first-order valence-corrected chi connectivity index (χ1v) is 7.99. The monoisotopic (exact) mass is 369 g/mol. The number of pyridine rings is 1. The van der Waals surface area contributed by atoms with Crippen LogP contribution < -0.4 is 10.6 Å². The van der Waals surface area contributed by atoms with Crippen molar-refractivity contribution in [2.45, 2.75) is 0 Å². The van der Waals surface area contributed by atoms with Crippen LogP contribution in [0.25, 0.3) is 0 Å². The highest BCUT2D eigenvalue weighted by molar-refractivity contribution is 6.30. The van der Waals surface area contributed by atoms with Gasteiger partial charge in [-0.15, -0.1) is 0 Å². The number of carbonyl (C=O) groups excluding carboxylic acids is 2. The summed E-state index contributed by atoms with van der Waals surface area (Å²) in [6, 6.07) is 14.9. The number of rotatable bonds is 4. The first-order chi connectivity index (χ1) is 12.5. The summed E-state index contributed by atoms with van der Waals surface area (Å²) < 4.78 is 12.9. The Bertz CT molecular complexity index is 869. The lowest BCUT2D eigenvalue weighted by Crippen LogP contribution is -2.17. The fourth-order valence-electron chi connectivity index (χ4n) is 2.16. The third kappa shape index (κ3) is 4.43. The van der Waals surface area contributed by atoms with E-state index in [-0.39, 0.29) is 11.3 Å². The second kappa shape index (κ2) is 7.76. The molecule has 26 heavy (non-hydrogen) atoms. The zero-order valence-corrected chi connectivity index (χ0v) is 14.1. The predicted octanol–water partition coefficient (Wildman–Crippen LogP) is 4.38. The number of benzene rings is 2. The Labute approximate surface area is 153 Å². The van der Waals surface area contributed by atoms with Gasteiger partial charge in [0.05, 0.1) is 0 Å². The Morgan fingerprint density at radius 3 is 2.08 bits per heavy atom. The van der Waals surface area contributed by atoms with E-state index in [1.165, 1.54) is 42.6 Å². The van der Waals surface area contributed by atoms with Gasteiger partial charge in [-0.25, -0.2) is 4.39 Å². The molecule has 130 valence electrons. The smallest absolute Gasteiger partial charge is 0.274 e. The Balaban J connectivity index is 1.72. The van der Waals surface area contributed by atoms with Crippen molar-refractivity contribution in [2.75, 3.05) is 10.6 Å². The largest absolute Gasteiger partial charge is 0.322 e. The van der Waals surface area contributed by atoms with Crippen LogP contribution in [-0.4, -0.2) is 16.8 Å². The van der Waals surface area contributed by atoms with Crippen LogP contribution in [0.5, 0.6) is 0 Å². The average Bonchev–Trinajstić information content (AvgIpc) is 2.65. The molecular weight excluding hydrogens is 357 g/mol. The van der Waals surface area contributed by atoms with Crippen LogP contribution in [0.2, 0.25) is 5.02 Å². The van der Waals surface area contributed by atoms with Gasteiger partial charge in [-0.1, -0.05) is 11.6 Å². The first kappa shape index (κ1) is 17.6. The topological polar surface area (TPSA) is 71.1 Å². The second-order valence-corrected chi connectivity index (χ2v) is 5.79. The van der Waals surface area contributed by atoms with E-state index in [4.69, 9.17) is 11.6 Å². The third-order valence-electron chi connectivity index (χ3n) is 3.46. The zero-order chi connectivity index (χ0) is 18.5. The van der Waals surface area contributed by atoms with Gasteiger partial charge < -0.3 is 10.6 Å². The normalized spacial score (nSPS) is 10.2. The molecule has 0 aliphatic rings. The third-order valence-corrected chi connectivity index (χ3v) is 3.71. The standard InChI is InChI=1S/C19H13ClFN3O2/c20-13-1-5-15(6-2-13)24-19(26)17-11-12(9-10-22-17)18(25)23-16-7-3-14(21)4-8-16/h1-11H,(H,23,25)(H,24,26). The molecule has 0 aliphatic heterocycles. The molecule has 0 aliphatic carbocycles. The Hall–Kier alpha value is -3.25. The predicted molar refractivity (Wildman–Crippen MR) is 98.0 cm³/mol. The van der Waals surface area contributed by atoms with Gasteiger partial charge in [-0.2, -0.15) is 0 Å². The molecule has 1 heterocycles. The van der Waals surface area contributed by atoms with Crippen LogP contribution in [0.3, 0.4) is 0 Å². The molecule has 1 aromatic heterocycles. The first-order valence-electron chi connectivity index (χ1n) is 7.61. The number of anilines is 2. The van der Waals surface area contributed by atoms with E-state index < -0.39 is 17.6 Å². The highest BCUT2D eigenvalue weighted by Gasteiger charge is 2.12. The van der Waals surface area contributed by atoms with Gasteiger partial charge in [0.1, 0.15) is 11.5 Å². The summed E-state index contributed by atoms with van der Waals surface area (Å²) in [4.78, 5) is 28.6. The van der Waals surface area contributed by atoms with Gasteiger partial charge in [-0.3, -0.25) is 14.6 Å². The fourth-order valence-corrected chi connectivity index (χ4v) is 2.29. The van der Waals surface area contributed by atoms with Crippen molar-refractivity contribution >= 4 is 34.8 Å². The molecule has 2 amide bonds. The molecule has 0 spiro atoms. The van der Waals surface area contributed by atoms with E-state index in [2.05, 4.69) is 15.6 Å². The SMILES string of the molecule is O=C(Nc1ccc(F)cc1)c1ccnc(C(=O)Nc2ccc(Cl)cc2)c1. The summed E-state index contributed by atoms with van der Waals surface area (Å²) in [5.41, 5.74) is 1.35. The number of hydrogen-bond donors (Lipinski definition) is 2. The number of halogens is 2. The molecule has 3 rings (SSSR count). The highest BCUT2D eigenvalue weighted by Crippen LogP contribution is 2.15. The van der Waals surface area contributed by atoms with Crippen LogP contribution in [-0.2, 0) is 0 Å². The molecule has 0 saturated heterocycles. The molecule has 0 fully saturated rings. The lowest BCUT2D eigenvalue weighted by molar-refractivity contribution is 0.102. The molecule has 0 bridgehead atoms. The van der Waals surface area contributed by atoms with Crippen LogP contribution in [0.1, 0.15) is 20.8 Å². The number of nitrogens with one attached hydrogen (secondary N) is 2. The fraction of sp³-hybridized carbons (Fsp3) is 0. The van der Waals surface area contributed by atoms with E-state index in [1.807, 2.05) is 0 Å². The molecule has 7 heteroatoms. The van der Waals surface area contributed by atoms with Crippen molar-refractivity contribution in [3.05, 3.63) is 89.0 Å². The maximum absolute atomic E-state index is 12.9. The van der Waals surface area contributed by atoms with E-state index >= 15 is 0 Å². The minimum atomic E-state index is -0.455. The molecule has 5 nitrogen and oxygen atoms in total. The van der Waals surface area contributed by atoms with E-state index in [1.54, 1.807) is 24.3 Å². The number of aromatic nitrogens is 1. The zero-order valence-electron chi connectivity index (χ0n) is 13.4. The summed E-state index contributed by atoms with van der Waals surface area (Å²) in [6.07, 6.45) is 1.37. The van der Waals surface area contributed by atoms with Gasteiger partial charge in [0.25, 0.3) is 11.8 Å². The van der Waals surface area contributed by atoms with Crippen LogP contribution >= 0.6 is 11.6 Å². The summed E-state index contributed by atoms with van der Waals surface area (Å²) in [5, 5.41) is 5.86. The van der Waals surface area contributed by atoms with Gasteiger partial charge >= 0.3 is 0 Å². The maximum atomic E-state index is 12.9. The van der Waals surface area contributed by atoms with Crippen LogP contribution in [0, 0.1) is 5.82 Å². The lowest BCUT2D eigenvalue weighted by atomic mass is 10.2. The van der Waals surface area contributed by atoms with E-state index in [0.29, 0.717) is 16.4 Å². The summed E-state index contributed by atoms with van der Waals surface area (Å²) >= 11 is 5.81. The molecule has 3 aromatic rings. The Morgan fingerprint density at radius 2 is 1.42 bits per heavy atom. The van der Waals surface area contributed by atoms with Crippen LogP contribution in [0.4, 0.5) is 15.8 Å². The van der Waals surface area contributed by atoms with E-state index in [0.717, 1.165) is 0 Å². The van der Waals surface area contributed by atoms with Crippen molar-refractivity contribution in [3.8, 4) is 0 Å². The average molecular weight is 370 g/mol. The molecule has 2 aromatic carbocycles. The minimum Gasteiger partial charge on any atom is -0.322 e. The number of carbonyl (C=O) groups is 2. The van der Waals surface area contributed by atoms with Gasteiger partial charge in [0, 0.05) is 28.2 Å². The number of hydrogen-bond acceptors (Lipinski definition) is 3. The van der Waals surface area contributed by atoms with Gasteiger partial charge in [0.15, 0.2) is 0 Å². The Morgan fingerprint density at radius 1 is 0.846 bits per heavy atom. The quantitative estimate of drug-likeness (QED) is 0.717. The number of nitrogens with zero attached hydrogens (tertiary/aromatic N) is 1. The molecule has 0 radical (unpaired) electrons. The second-order valence-electron chi connectivity index (χ2n) is 5.35. The Kier molecular flexibility index (Phi) is 5.24. The highest BCUT2D eigenvalue weighted by atomic mass is 35.5. The van der Waals surface area contributed by atoms with E-state index in [9.17, 15) is 14.0 Å². The van der Waals surface area contributed by atoms with Crippen molar-refractivity contribution < 1.29 is 14.0 Å². The molecule has 0 atom stereocenters. The van der Waals surface area contributed by atoms with Crippen molar-refractivity contribution in [1.82, 2.24) is 4.98 Å². The lowest BCUT2D eigenvalue weighted by Gasteiger charge is -2.07. The molecule has 2 N–H and O–H groups in total. The molecule has 0 saturated carbocycles. The van der Waals surface area contributed by atoms with Gasteiger partial charge in [-0.05, 0) is 60.7 Å². The summed E-state index contributed by atoms with van der Waals surface area (Å²) in [6.45, 7) is 0. The van der Waals surface area contributed by atoms with Crippen molar-refractivity contribution in [3.63, 3.8) is 0 Å². The van der Waals surface area contributed by atoms with Crippen LogP contribution in [0.15, 0.2) is 66.9 Å². The molecule has 0 unspecified atom stereocenters. The number of amides is 2. The van der Waals surface area contributed by atoms with Crippen molar-refractivity contribution in [2.24, 2.45) is 0 Å². The summed E-state index contributed by atoms with van der Waals surface area (Å²) in [5.74, 6) is -1.28. The minimum absolute atomic E-state index is 0.0895. The van der Waals surface area contributed by atoms with Gasteiger partial charge in [0.2, 0.25) is 0 Å². The van der Waals surface area contributed by atoms with Crippen molar-refractivity contribution in [1.29, 1.82) is 0 Å². The maximum Gasteiger partial charge on any atom is 0.274 e. The molecular formula is C19H13ClFN3O2.